The standard InChI is InChI=1S/C41H45Cl2N5O4/c1-45-38(49)25-34(23-29-14-19-35(43)31(21-29)15-11-27-7-3-2-4-8-27)46-40(51)26-48-37-10-6-5-9-30(37)16-20-36(41(48)52)47-39(50)24-33(44)22-28-12-17-32(42)18-13-28/h2-10,12-14,17-19,21,33-34,36H,11,15-16,20,22-26,44H2,1H3,(H,45,49)(H,46,51)(H,47,50)/t33-,34+,36-/m0/s1. The SMILES string of the molecule is CNC(=O)C[C@@H](Cc1ccc(Cl)c(CCc2ccccc2)c1)NC(=O)CN1C(=O)[C@@H](NC(=O)C[C@@H](N)Cc2ccc(Cl)cc2)CCc2ccccc21. The van der Waals surface area contributed by atoms with E-state index >= 15 is 0 Å². The molecule has 0 radical (unpaired) electrons. The molecular formula is C41H45Cl2N5O4. The third kappa shape index (κ3) is 11.1. The van der Waals surface area contributed by atoms with E-state index in [1.165, 1.54) is 10.5 Å². The maximum atomic E-state index is 14.0. The minimum Gasteiger partial charge on any atom is -0.359 e. The van der Waals surface area contributed by atoms with Crippen molar-refractivity contribution in [3.8, 4) is 0 Å². The first-order valence-electron chi connectivity index (χ1n) is 17.6. The predicted molar refractivity (Wildman–Crippen MR) is 206 cm³/mol. The maximum absolute atomic E-state index is 14.0. The van der Waals surface area contributed by atoms with E-state index in [0.29, 0.717) is 41.4 Å². The molecule has 0 spiro atoms. The lowest BCUT2D eigenvalue weighted by atomic mass is 9.98. The largest absolute Gasteiger partial charge is 0.359 e. The zero-order valence-corrected chi connectivity index (χ0v) is 30.8. The third-order valence-corrected chi connectivity index (χ3v) is 9.86. The fourth-order valence-corrected chi connectivity index (χ4v) is 6.91. The van der Waals surface area contributed by atoms with Gasteiger partial charge in [0.1, 0.15) is 12.6 Å². The summed E-state index contributed by atoms with van der Waals surface area (Å²) in [6, 6.07) is 28.8. The quantitative estimate of drug-likeness (QED) is 0.130. The van der Waals surface area contributed by atoms with E-state index in [1.807, 2.05) is 66.7 Å². The molecule has 0 unspecified atom stereocenters. The number of fused-ring (bicyclic) bond motifs is 1. The average Bonchev–Trinajstić information content (AvgIpc) is 3.25. The second-order valence-electron chi connectivity index (χ2n) is 13.3. The van der Waals surface area contributed by atoms with Crippen LogP contribution >= 0.6 is 23.2 Å². The molecule has 3 atom stereocenters. The first-order valence-corrected chi connectivity index (χ1v) is 18.3. The molecule has 1 aliphatic rings. The Kier molecular flexibility index (Phi) is 13.8. The van der Waals surface area contributed by atoms with Crippen molar-refractivity contribution in [1.82, 2.24) is 16.0 Å². The average molecular weight is 743 g/mol. The topological polar surface area (TPSA) is 134 Å². The first-order chi connectivity index (χ1) is 25.1. The van der Waals surface area contributed by atoms with Crippen molar-refractivity contribution < 1.29 is 19.2 Å². The van der Waals surface area contributed by atoms with E-state index in [4.69, 9.17) is 28.9 Å². The van der Waals surface area contributed by atoms with Crippen LogP contribution in [0.25, 0.3) is 0 Å². The Bertz CT molecular complexity index is 1850. The lowest BCUT2D eigenvalue weighted by Crippen LogP contribution is -2.52. The molecule has 0 aromatic heterocycles. The van der Waals surface area contributed by atoms with E-state index in [-0.39, 0.29) is 37.1 Å². The van der Waals surface area contributed by atoms with Crippen LogP contribution < -0.4 is 26.6 Å². The van der Waals surface area contributed by atoms with Crippen molar-refractivity contribution in [3.05, 3.63) is 135 Å². The monoisotopic (exact) mass is 741 g/mol. The van der Waals surface area contributed by atoms with Crippen molar-refractivity contribution in [2.45, 2.75) is 69.5 Å². The van der Waals surface area contributed by atoms with Gasteiger partial charge in [0.25, 0.3) is 0 Å². The van der Waals surface area contributed by atoms with Crippen LogP contribution in [0.3, 0.4) is 0 Å². The van der Waals surface area contributed by atoms with Crippen LogP contribution in [0.15, 0.2) is 97.1 Å². The zero-order chi connectivity index (χ0) is 37.0. The lowest BCUT2D eigenvalue weighted by Gasteiger charge is -2.27. The maximum Gasteiger partial charge on any atom is 0.250 e. The van der Waals surface area contributed by atoms with Crippen LogP contribution in [-0.4, -0.2) is 55.3 Å². The van der Waals surface area contributed by atoms with E-state index in [9.17, 15) is 19.2 Å². The van der Waals surface area contributed by atoms with E-state index in [0.717, 1.165) is 35.1 Å². The molecular weight excluding hydrogens is 697 g/mol. The van der Waals surface area contributed by atoms with E-state index < -0.39 is 24.0 Å². The molecule has 4 amide bonds. The second-order valence-corrected chi connectivity index (χ2v) is 14.1. The zero-order valence-electron chi connectivity index (χ0n) is 29.2. The normalized spacial score (nSPS) is 15.2. The molecule has 52 heavy (non-hydrogen) atoms. The number of para-hydroxylation sites is 1. The Morgan fingerprint density at radius 2 is 1.52 bits per heavy atom. The number of nitrogens with zero attached hydrogens (tertiary/aromatic N) is 1. The molecule has 4 aromatic rings. The number of carbonyl (C=O) groups excluding carboxylic acids is 4. The van der Waals surface area contributed by atoms with Crippen molar-refractivity contribution in [3.63, 3.8) is 0 Å². The molecule has 1 heterocycles. The summed E-state index contributed by atoms with van der Waals surface area (Å²) in [4.78, 5) is 54.9. The van der Waals surface area contributed by atoms with Crippen LogP contribution in [-0.2, 0) is 51.3 Å². The van der Waals surface area contributed by atoms with E-state index in [2.05, 4.69) is 28.1 Å². The summed E-state index contributed by atoms with van der Waals surface area (Å²) in [6.45, 7) is -0.286. The number of nitrogens with one attached hydrogen (secondary N) is 3. The molecule has 9 nitrogen and oxygen atoms in total. The number of hydrogen-bond acceptors (Lipinski definition) is 5. The summed E-state index contributed by atoms with van der Waals surface area (Å²) >= 11 is 12.6. The summed E-state index contributed by atoms with van der Waals surface area (Å²) in [5.74, 6) is -1.38. The molecule has 1 aliphatic heterocycles. The van der Waals surface area contributed by atoms with Gasteiger partial charge in [-0.3, -0.25) is 19.2 Å². The van der Waals surface area contributed by atoms with Crippen LogP contribution in [0.1, 0.15) is 47.1 Å². The molecule has 4 aromatic carbocycles. The molecule has 0 aliphatic carbocycles. The Morgan fingerprint density at radius 3 is 2.27 bits per heavy atom. The predicted octanol–water partition coefficient (Wildman–Crippen LogP) is 5.37. The lowest BCUT2D eigenvalue weighted by molar-refractivity contribution is -0.128. The Balaban J connectivity index is 1.26. The van der Waals surface area contributed by atoms with Gasteiger partial charge in [0, 0.05) is 47.7 Å². The number of aryl methyl sites for hydroxylation is 3. The van der Waals surface area contributed by atoms with Crippen LogP contribution in [0.2, 0.25) is 10.0 Å². The molecule has 5 N–H and O–H groups in total. The Labute approximate surface area is 315 Å². The smallest absolute Gasteiger partial charge is 0.250 e. The first kappa shape index (κ1) is 38.5. The van der Waals surface area contributed by atoms with Gasteiger partial charge >= 0.3 is 0 Å². The number of carbonyl (C=O) groups is 4. The van der Waals surface area contributed by atoms with Gasteiger partial charge < -0.3 is 26.6 Å². The van der Waals surface area contributed by atoms with E-state index in [1.54, 1.807) is 25.2 Å². The summed E-state index contributed by atoms with van der Waals surface area (Å²) in [5, 5.41) is 9.82. The van der Waals surface area contributed by atoms with Gasteiger partial charge in [-0.25, -0.2) is 0 Å². The van der Waals surface area contributed by atoms with Gasteiger partial charge in [-0.2, -0.15) is 0 Å². The van der Waals surface area contributed by atoms with Crippen LogP contribution in [0, 0.1) is 0 Å². The van der Waals surface area contributed by atoms with Gasteiger partial charge in [-0.15, -0.1) is 0 Å². The second kappa shape index (κ2) is 18.7. The Morgan fingerprint density at radius 1 is 0.808 bits per heavy atom. The number of amides is 4. The fourth-order valence-electron chi connectivity index (χ4n) is 6.57. The number of anilines is 1. The number of rotatable bonds is 15. The number of nitrogens with two attached hydrogens (primary N) is 1. The fraction of sp³-hybridized carbons (Fsp3) is 0.317. The van der Waals surface area contributed by atoms with Gasteiger partial charge in [0.05, 0.1) is 0 Å². The van der Waals surface area contributed by atoms with Crippen molar-refractivity contribution in [2.24, 2.45) is 5.73 Å². The molecule has 0 saturated heterocycles. The van der Waals surface area contributed by atoms with Crippen LogP contribution in [0.5, 0.6) is 0 Å². The summed E-state index contributed by atoms with van der Waals surface area (Å²) in [6.07, 6.45) is 3.40. The molecule has 0 saturated carbocycles. The minimum absolute atomic E-state index is 0.0275. The van der Waals surface area contributed by atoms with Crippen molar-refractivity contribution in [2.75, 3.05) is 18.5 Å². The van der Waals surface area contributed by atoms with Gasteiger partial charge in [0.2, 0.25) is 23.6 Å². The number of hydrogen-bond donors (Lipinski definition) is 4. The van der Waals surface area contributed by atoms with Crippen molar-refractivity contribution >= 4 is 52.5 Å². The molecule has 11 heteroatoms. The Hall–Kier alpha value is -4.70. The van der Waals surface area contributed by atoms with Gasteiger partial charge in [0.15, 0.2) is 0 Å². The summed E-state index contributed by atoms with van der Waals surface area (Å²) in [7, 11) is 1.55. The van der Waals surface area contributed by atoms with Gasteiger partial charge in [-0.1, -0.05) is 96.0 Å². The highest BCUT2D eigenvalue weighted by molar-refractivity contribution is 6.31. The minimum atomic E-state index is -0.847. The summed E-state index contributed by atoms with van der Waals surface area (Å²) in [5.41, 5.74) is 11.9. The number of benzene rings is 4. The third-order valence-electron chi connectivity index (χ3n) is 9.24. The number of halogens is 2. The highest BCUT2D eigenvalue weighted by atomic mass is 35.5. The highest BCUT2D eigenvalue weighted by Crippen LogP contribution is 2.27. The molecule has 0 bridgehead atoms. The summed E-state index contributed by atoms with van der Waals surface area (Å²) < 4.78 is 0. The highest BCUT2D eigenvalue weighted by Gasteiger charge is 2.33. The molecule has 5 rings (SSSR count). The van der Waals surface area contributed by atoms with Gasteiger partial charge in [-0.05, 0) is 90.6 Å². The molecule has 0 fully saturated rings. The van der Waals surface area contributed by atoms with Crippen LogP contribution in [0.4, 0.5) is 5.69 Å². The van der Waals surface area contributed by atoms with Crippen molar-refractivity contribution in [1.29, 1.82) is 0 Å². The molecule has 272 valence electrons.